The Hall–Kier alpha value is -2.57. The highest BCUT2D eigenvalue weighted by atomic mass is 19.4. The summed E-state index contributed by atoms with van der Waals surface area (Å²) in [7, 11) is 0. The van der Waals surface area contributed by atoms with Gasteiger partial charge in [0.25, 0.3) is 5.56 Å². The first-order valence-electron chi connectivity index (χ1n) is 7.27. The average Bonchev–Trinajstić information content (AvgIpc) is 2.50. The zero-order valence-electron chi connectivity index (χ0n) is 13.4. The molecule has 1 N–H and O–H groups in total. The summed E-state index contributed by atoms with van der Waals surface area (Å²) in [4.78, 5) is 24.2. The number of nitrogens with one attached hydrogen (secondary N) is 1. The number of carbonyl (C=O) groups is 1. The van der Waals surface area contributed by atoms with Gasteiger partial charge in [-0.15, -0.1) is 0 Å². The second kappa shape index (κ2) is 6.51. The minimum absolute atomic E-state index is 0.562. The van der Waals surface area contributed by atoms with Crippen LogP contribution in [-0.2, 0) is 11.0 Å². The standard InChI is InChI=1S/C17H17F3N2O2/c1-10-5-4-6-14(11(10)2)21-16(24)12(3)22-9-13(17(18,19)20)7-8-15(22)23/h4-9,12H,1-3H3,(H,21,24). The second-order valence-electron chi connectivity index (χ2n) is 5.57. The lowest BCUT2D eigenvalue weighted by molar-refractivity contribution is -0.138. The van der Waals surface area contributed by atoms with E-state index in [0.717, 1.165) is 21.8 Å². The summed E-state index contributed by atoms with van der Waals surface area (Å²) >= 11 is 0. The van der Waals surface area contributed by atoms with E-state index in [-0.39, 0.29) is 0 Å². The zero-order valence-corrected chi connectivity index (χ0v) is 13.4. The largest absolute Gasteiger partial charge is 0.417 e. The molecule has 1 unspecified atom stereocenters. The maximum absolute atomic E-state index is 12.8. The van der Waals surface area contributed by atoms with E-state index in [1.807, 2.05) is 19.9 Å². The quantitative estimate of drug-likeness (QED) is 0.928. The van der Waals surface area contributed by atoms with Crippen molar-refractivity contribution in [2.45, 2.75) is 33.0 Å². The molecule has 2 aromatic rings. The first kappa shape index (κ1) is 17.8. The van der Waals surface area contributed by atoms with Crippen LogP contribution < -0.4 is 10.9 Å². The van der Waals surface area contributed by atoms with Gasteiger partial charge < -0.3 is 9.88 Å². The summed E-state index contributed by atoms with van der Waals surface area (Å²) in [5.74, 6) is -0.565. The van der Waals surface area contributed by atoms with E-state index in [1.54, 1.807) is 12.1 Å². The van der Waals surface area contributed by atoms with Crippen molar-refractivity contribution in [2.75, 3.05) is 5.32 Å². The molecule has 1 heterocycles. The molecule has 1 amide bonds. The van der Waals surface area contributed by atoms with Crippen LogP contribution in [0, 0.1) is 13.8 Å². The maximum Gasteiger partial charge on any atom is 0.417 e. The molecular weight excluding hydrogens is 321 g/mol. The first-order chi connectivity index (χ1) is 11.1. The molecule has 0 saturated carbocycles. The maximum atomic E-state index is 12.8. The molecule has 1 aromatic carbocycles. The van der Waals surface area contributed by atoms with Gasteiger partial charge in [-0.1, -0.05) is 12.1 Å². The number of hydrogen-bond donors (Lipinski definition) is 1. The Kier molecular flexibility index (Phi) is 4.82. The lowest BCUT2D eigenvalue weighted by atomic mass is 10.1. The van der Waals surface area contributed by atoms with Crippen LogP contribution in [0.15, 0.2) is 41.3 Å². The molecule has 0 aliphatic heterocycles. The highest BCUT2D eigenvalue weighted by Gasteiger charge is 2.32. The Morgan fingerprint density at radius 1 is 1.17 bits per heavy atom. The van der Waals surface area contributed by atoms with Gasteiger partial charge in [0, 0.05) is 18.0 Å². The van der Waals surface area contributed by atoms with Crippen LogP contribution in [0.4, 0.5) is 18.9 Å². The normalized spacial score (nSPS) is 12.8. The number of nitrogens with zero attached hydrogens (tertiary/aromatic N) is 1. The molecule has 4 nitrogen and oxygen atoms in total. The predicted molar refractivity (Wildman–Crippen MR) is 85.0 cm³/mol. The number of aromatic nitrogens is 1. The lowest BCUT2D eigenvalue weighted by Gasteiger charge is -2.18. The molecule has 0 bridgehead atoms. The van der Waals surface area contributed by atoms with Gasteiger partial charge in [-0.05, 0) is 44.0 Å². The summed E-state index contributed by atoms with van der Waals surface area (Å²) in [6, 6.07) is 5.77. The number of benzene rings is 1. The number of pyridine rings is 1. The van der Waals surface area contributed by atoms with Crippen LogP contribution in [0.2, 0.25) is 0 Å². The Morgan fingerprint density at radius 3 is 2.46 bits per heavy atom. The van der Waals surface area contributed by atoms with Gasteiger partial charge in [-0.25, -0.2) is 0 Å². The molecule has 0 radical (unpaired) electrons. The fraction of sp³-hybridized carbons (Fsp3) is 0.294. The minimum Gasteiger partial charge on any atom is -0.324 e. The number of rotatable bonds is 3. The van der Waals surface area contributed by atoms with E-state index in [4.69, 9.17) is 0 Å². The number of carbonyl (C=O) groups excluding carboxylic acids is 1. The molecule has 1 aromatic heterocycles. The van der Waals surface area contributed by atoms with Crippen LogP contribution in [0.3, 0.4) is 0 Å². The van der Waals surface area contributed by atoms with Gasteiger partial charge in [0.15, 0.2) is 0 Å². The summed E-state index contributed by atoms with van der Waals surface area (Å²) in [5, 5.41) is 2.65. The van der Waals surface area contributed by atoms with E-state index in [1.165, 1.54) is 6.92 Å². The second-order valence-corrected chi connectivity index (χ2v) is 5.57. The molecule has 0 spiro atoms. The first-order valence-corrected chi connectivity index (χ1v) is 7.27. The highest BCUT2D eigenvalue weighted by molar-refractivity contribution is 5.94. The van der Waals surface area contributed by atoms with Gasteiger partial charge in [0.05, 0.1) is 5.56 Å². The van der Waals surface area contributed by atoms with Crippen LogP contribution in [0.25, 0.3) is 0 Å². The molecule has 2 rings (SSSR count). The molecule has 0 fully saturated rings. The third-order valence-electron chi connectivity index (χ3n) is 3.92. The number of aryl methyl sites for hydroxylation is 1. The van der Waals surface area contributed by atoms with Gasteiger partial charge in [-0.2, -0.15) is 13.2 Å². The van der Waals surface area contributed by atoms with Crippen LogP contribution in [0.5, 0.6) is 0 Å². The van der Waals surface area contributed by atoms with Crippen molar-refractivity contribution in [1.82, 2.24) is 4.57 Å². The van der Waals surface area contributed by atoms with Crippen LogP contribution in [-0.4, -0.2) is 10.5 Å². The average molecular weight is 338 g/mol. The third kappa shape index (κ3) is 3.67. The summed E-state index contributed by atoms with van der Waals surface area (Å²) < 4.78 is 39.2. The van der Waals surface area contributed by atoms with Crippen molar-refractivity contribution < 1.29 is 18.0 Å². The van der Waals surface area contributed by atoms with Crippen molar-refractivity contribution in [1.29, 1.82) is 0 Å². The number of hydrogen-bond acceptors (Lipinski definition) is 2. The zero-order chi connectivity index (χ0) is 18.1. The van der Waals surface area contributed by atoms with Crippen molar-refractivity contribution >= 4 is 11.6 Å². The topological polar surface area (TPSA) is 51.1 Å². The molecule has 0 aliphatic carbocycles. The van der Waals surface area contributed by atoms with E-state index < -0.39 is 29.2 Å². The Bertz CT molecular complexity index is 825. The van der Waals surface area contributed by atoms with Gasteiger partial charge in [0.1, 0.15) is 6.04 Å². The summed E-state index contributed by atoms with van der Waals surface area (Å²) in [6.07, 6.45) is -3.92. The highest BCUT2D eigenvalue weighted by Crippen LogP contribution is 2.28. The molecular formula is C17H17F3N2O2. The molecule has 7 heteroatoms. The number of alkyl halides is 3. The van der Waals surface area contributed by atoms with Crippen LogP contribution in [0.1, 0.15) is 29.7 Å². The van der Waals surface area contributed by atoms with Gasteiger partial charge in [-0.3, -0.25) is 9.59 Å². The lowest BCUT2D eigenvalue weighted by Crippen LogP contribution is -2.32. The third-order valence-corrected chi connectivity index (χ3v) is 3.92. The van der Waals surface area contributed by atoms with E-state index >= 15 is 0 Å². The molecule has 0 saturated heterocycles. The van der Waals surface area contributed by atoms with Crippen molar-refractivity contribution in [3.8, 4) is 0 Å². The fourth-order valence-electron chi connectivity index (χ4n) is 2.22. The smallest absolute Gasteiger partial charge is 0.324 e. The Balaban J connectivity index is 2.31. The number of amides is 1. The molecule has 1 atom stereocenters. The SMILES string of the molecule is Cc1cccc(NC(=O)C(C)n2cc(C(F)(F)F)ccc2=O)c1C. The summed E-state index contributed by atoms with van der Waals surface area (Å²) in [5.41, 5.74) is 0.734. The molecule has 128 valence electrons. The summed E-state index contributed by atoms with van der Waals surface area (Å²) in [6.45, 7) is 5.08. The predicted octanol–water partition coefficient (Wildman–Crippen LogP) is 3.68. The van der Waals surface area contributed by atoms with Crippen molar-refractivity contribution in [3.05, 3.63) is 63.6 Å². The number of halogens is 3. The molecule has 24 heavy (non-hydrogen) atoms. The van der Waals surface area contributed by atoms with E-state index in [9.17, 15) is 22.8 Å². The monoisotopic (exact) mass is 338 g/mol. The van der Waals surface area contributed by atoms with Crippen molar-refractivity contribution in [3.63, 3.8) is 0 Å². The molecule has 0 aliphatic rings. The Labute approximate surface area is 136 Å². The Morgan fingerprint density at radius 2 is 1.83 bits per heavy atom. The fourth-order valence-corrected chi connectivity index (χ4v) is 2.22. The van der Waals surface area contributed by atoms with Crippen LogP contribution >= 0.6 is 0 Å². The minimum atomic E-state index is -4.58. The van der Waals surface area contributed by atoms with Gasteiger partial charge in [0.2, 0.25) is 5.91 Å². The van der Waals surface area contributed by atoms with E-state index in [0.29, 0.717) is 18.0 Å². The van der Waals surface area contributed by atoms with Crippen molar-refractivity contribution in [2.24, 2.45) is 0 Å². The van der Waals surface area contributed by atoms with E-state index in [2.05, 4.69) is 5.32 Å². The van der Waals surface area contributed by atoms with Gasteiger partial charge >= 0.3 is 6.18 Å². The number of anilines is 1.